The lowest BCUT2D eigenvalue weighted by Crippen LogP contribution is -2.20. The highest BCUT2D eigenvalue weighted by Gasteiger charge is 2.28. The number of aliphatic hydroxyl groups is 1. The zero-order chi connectivity index (χ0) is 9.90. The molecule has 1 aliphatic heterocycles. The summed E-state index contributed by atoms with van der Waals surface area (Å²) in [5, 5.41) is 8.79. The van der Waals surface area contributed by atoms with Crippen molar-refractivity contribution in [3.05, 3.63) is 0 Å². The minimum absolute atomic E-state index is 0.115. The number of aliphatic imine (C=N–C) groups is 2. The molecule has 0 saturated heterocycles. The first-order valence-corrected chi connectivity index (χ1v) is 3.79. The van der Waals surface area contributed by atoms with Gasteiger partial charge in [-0.1, -0.05) is 0 Å². The summed E-state index contributed by atoms with van der Waals surface area (Å²) in [4.78, 5) is 7.22. The van der Waals surface area contributed by atoms with Crippen molar-refractivity contribution in [3.63, 3.8) is 0 Å². The Morgan fingerprint density at radius 1 is 1.23 bits per heavy atom. The molecule has 0 aromatic carbocycles. The van der Waals surface area contributed by atoms with Gasteiger partial charge in [-0.05, 0) is 6.42 Å². The number of halogens is 3. The largest absolute Gasteiger partial charge is 0.389 e. The van der Waals surface area contributed by atoms with Gasteiger partial charge in [0.2, 0.25) is 0 Å². The van der Waals surface area contributed by atoms with E-state index in [0.717, 1.165) is 6.21 Å². The van der Waals surface area contributed by atoms with Crippen molar-refractivity contribution in [1.29, 1.82) is 0 Å². The number of rotatable bonds is 2. The van der Waals surface area contributed by atoms with Crippen LogP contribution in [0.5, 0.6) is 0 Å². The standard InChI is InChI=1S/C7H9F3N2O/c8-7(9,10)2-1-5-3-12-6(13)4-11-5/h3-6,13H,1-2H2. The third-order valence-electron chi connectivity index (χ3n) is 1.55. The maximum absolute atomic E-state index is 11.7. The molecule has 0 amide bonds. The van der Waals surface area contributed by atoms with Gasteiger partial charge in [-0.3, -0.25) is 9.98 Å². The highest BCUT2D eigenvalue weighted by Crippen LogP contribution is 2.22. The Labute approximate surface area is 73.0 Å². The SMILES string of the molecule is OC1C=NC(CCC(F)(F)F)C=N1. The van der Waals surface area contributed by atoms with Gasteiger partial charge in [0.25, 0.3) is 0 Å². The van der Waals surface area contributed by atoms with Crippen LogP contribution in [-0.4, -0.2) is 36.0 Å². The molecule has 0 aliphatic carbocycles. The molecular formula is C7H9F3N2O. The summed E-state index contributed by atoms with van der Waals surface area (Å²) in [7, 11) is 0. The van der Waals surface area contributed by atoms with Crippen LogP contribution in [0.4, 0.5) is 13.2 Å². The molecular weight excluding hydrogens is 185 g/mol. The first-order chi connectivity index (χ1) is 5.97. The third kappa shape index (κ3) is 4.02. The molecule has 1 aliphatic rings. The van der Waals surface area contributed by atoms with Crippen molar-refractivity contribution in [2.24, 2.45) is 9.98 Å². The van der Waals surface area contributed by atoms with E-state index in [1.807, 2.05) is 0 Å². The van der Waals surface area contributed by atoms with Gasteiger partial charge < -0.3 is 5.11 Å². The van der Waals surface area contributed by atoms with Gasteiger partial charge in [0.1, 0.15) is 0 Å². The average Bonchev–Trinajstić information content (AvgIpc) is 2.02. The van der Waals surface area contributed by atoms with E-state index < -0.39 is 24.9 Å². The molecule has 2 unspecified atom stereocenters. The number of hydrogen-bond acceptors (Lipinski definition) is 3. The first-order valence-electron chi connectivity index (χ1n) is 3.79. The molecule has 0 aromatic heterocycles. The van der Waals surface area contributed by atoms with Crippen LogP contribution in [0.2, 0.25) is 0 Å². The smallest absolute Gasteiger partial charge is 0.367 e. The van der Waals surface area contributed by atoms with Crippen LogP contribution >= 0.6 is 0 Å². The molecule has 1 heterocycles. The third-order valence-corrected chi connectivity index (χ3v) is 1.55. The monoisotopic (exact) mass is 194 g/mol. The molecule has 1 N–H and O–H groups in total. The second-order valence-electron chi connectivity index (χ2n) is 2.73. The number of nitrogens with zero attached hydrogens (tertiary/aromatic N) is 2. The fourth-order valence-electron chi connectivity index (χ4n) is 0.913. The van der Waals surface area contributed by atoms with Crippen molar-refractivity contribution in [2.75, 3.05) is 0 Å². The number of alkyl halides is 3. The maximum atomic E-state index is 11.7. The van der Waals surface area contributed by atoms with E-state index in [2.05, 4.69) is 9.98 Å². The summed E-state index contributed by atoms with van der Waals surface area (Å²) in [5.74, 6) is 0. The van der Waals surface area contributed by atoms with Crippen LogP contribution in [0, 0.1) is 0 Å². The highest BCUT2D eigenvalue weighted by molar-refractivity contribution is 5.76. The summed E-state index contributed by atoms with van der Waals surface area (Å²) in [6.45, 7) is 0. The molecule has 1 rings (SSSR count). The van der Waals surface area contributed by atoms with Crippen LogP contribution in [0.15, 0.2) is 9.98 Å². The lowest BCUT2D eigenvalue weighted by Gasteiger charge is -2.13. The summed E-state index contributed by atoms with van der Waals surface area (Å²) in [6, 6.07) is -0.551. The minimum atomic E-state index is -4.15. The van der Waals surface area contributed by atoms with Crippen molar-refractivity contribution in [3.8, 4) is 0 Å². The van der Waals surface area contributed by atoms with Crippen LogP contribution in [0.25, 0.3) is 0 Å². The predicted molar refractivity (Wildman–Crippen MR) is 42.1 cm³/mol. The molecule has 3 nitrogen and oxygen atoms in total. The fourth-order valence-corrected chi connectivity index (χ4v) is 0.913. The van der Waals surface area contributed by atoms with E-state index in [-0.39, 0.29) is 6.42 Å². The van der Waals surface area contributed by atoms with E-state index in [0.29, 0.717) is 0 Å². The van der Waals surface area contributed by atoms with Gasteiger partial charge in [0.15, 0.2) is 6.23 Å². The second-order valence-corrected chi connectivity index (χ2v) is 2.73. The van der Waals surface area contributed by atoms with E-state index in [1.54, 1.807) is 0 Å². The maximum Gasteiger partial charge on any atom is 0.389 e. The Balaban J connectivity index is 2.32. The van der Waals surface area contributed by atoms with Crippen LogP contribution in [0.3, 0.4) is 0 Å². The van der Waals surface area contributed by atoms with Crippen molar-refractivity contribution < 1.29 is 18.3 Å². The first kappa shape index (κ1) is 10.2. The summed E-state index contributed by atoms with van der Waals surface area (Å²) < 4.78 is 35.2. The minimum Gasteiger partial charge on any atom is -0.367 e. The predicted octanol–water partition coefficient (Wildman–Crippen LogP) is 1.17. The lowest BCUT2D eigenvalue weighted by molar-refractivity contribution is -0.135. The van der Waals surface area contributed by atoms with Crippen LogP contribution in [0.1, 0.15) is 12.8 Å². The molecule has 0 spiro atoms. The van der Waals surface area contributed by atoms with E-state index in [1.165, 1.54) is 6.21 Å². The molecule has 0 fully saturated rings. The Hall–Kier alpha value is -0.910. The summed E-state index contributed by atoms with van der Waals surface area (Å²) in [5.41, 5.74) is 0. The quantitative estimate of drug-likeness (QED) is 0.704. The molecule has 0 bridgehead atoms. The highest BCUT2D eigenvalue weighted by atomic mass is 19.4. The molecule has 74 valence electrons. The topological polar surface area (TPSA) is 45.0 Å². The Bertz CT molecular complexity index is 210. The number of hydrogen-bond donors (Lipinski definition) is 1. The average molecular weight is 194 g/mol. The Morgan fingerprint density at radius 2 is 1.92 bits per heavy atom. The fraction of sp³-hybridized carbons (Fsp3) is 0.714. The Morgan fingerprint density at radius 3 is 2.38 bits per heavy atom. The zero-order valence-electron chi connectivity index (χ0n) is 6.70. The Kier molecular flexibility index (Phi) is 3.02. The summed E-state index contributed by atoms with van der Waals surface area (Å²) >= 11 is 0. The van der Waals surface area contributed by atoms with Gasteiger partial charge in [0.05, 0.1) is 12.3 Å². The van der Waals surface area contributed by atoms with Crippen molar-refractivity contribution in [2.45, 2.75) is 31.3 Å². The zero-order valence-corrected chi connectivity index (χ0v) is 6.70. The number of aliphatic hydroxyl groups excluding tert-OH is 1. The van der Waals surface area contributed by atoms with Gasteiger partial charge >= 0.3 is 6.18 Å². The van der Waals surface area contributed by atoms with Crippen LogP contribution in [-0.2, 0) is 0 Å². The molecule has 0 aromatic rings. The molecule has 6 heteroatoms. The van der Waals surface area contributed by atoms with Gasteiger partial charge in [-0.2, -0.15) is 13.2 Å². The van der Waals surface area contributed by atoms with Gasteiger partial charge in [-0.25, -0.2) is 0 Å². The van der Waals surface area contributed by atoms with E-state index in [4.69, 9.17) is 5.11 Å². The van der Waals surface area contributed by atoms with Crippen LogP contribution < -0.4 is 0 Å². The molecule has 13 heavy (non-hydrogen) atoms. The van der Waals surface area contributed by atoms with Crippen molar-refractivity contribution >= 4 is 12.4 Å². The molecule has 0 saturated carbocycles. The summed E-state index contributed by atoms with van der Waals surface area (Å²) in [6.07, 6.45) is -3.76. The van der Waals surface area contributed by atoms with Gasteiger partial charge in [0, 0.05) is 12.6 Å². The molecule has 2 atom stereocenters. The molecule has 0 radical (unpaired) electrons. The van der Waals surface area contributed by atoms with E-state index >= 15 is 0 Å². The van der Waals surface area contributed by atoms with E-state index in [9.17, 15) is 13.2 Å². The van der Waals surface area contributed by atoms with Gasteiger partial charge in [-0.15, -0.1) is 0 Å². The van der Waals surface area contributed by atoms with Crippen molar-refractivity contribution in [1.82, 2.24) is 0 Å². The normalized spacial score (nSPS) is 28.0. The lowest BCUT2D eigenvalue weighted by atomic mass is 10.1. The second kappa shape index (κ2) is 3.87.